The summed E-state index contributed by atoms with van der Waals surface area (Å²) in [5.74, 6) is 0.247. The molecule has 0 fully saturated rings. The Balaban J connectivity index is 2.03. The summed E-state index contributed by atoms with van der Waals surface area (Å²) < 4.78 is 11.4. The van der Waals surface area contributed by atoms with Crippen molar-refractivity contribution < 1.29 is 14.3 Å². The van der Waals surface area contributed by atoms with E-state index in [0.717, 1.165) is 11.1 Å². The van der Waals surface area contributed by atoms with Gasteiger partial charge >= 0.3 is 5.69 Å². The number of anilines is 2. The van der Waals surface area contributed by atoms with Gasteiger partial charge in [0.1, 0.15) is 11.6 Å². The van der Waals surface area contributed by atoms with Gasteiger partial charge in [-0.1, -0.05) is 42.5 Å². The summed E-state index contributed by atoms with van der Waals surface area (Å²) in [6.07, 6.45) is 0.0346. The fourth-order valence-electron chi connectivity index (χ4n) is 3.31. The average Bonchev–Trinajstić information content (AvgIpc) is 2.79. The highest BCUT2D eigenvalue weighted by Crippen LogP contribution is 2.21. The molecule has 0 saturated carbocycles. The van der Waals surface area contributed by atoms with Crippen LogP contribution in [-0.4, -0.2) is 36.3 Å². The van der Waals surface area contributed by atoms with Gasteiger partial charge in [-0.05, 0) is 23.3 Å². The van der Waals surface area contributed by atoms with Crippen LogP contribution < -0.4 is 26.6 Å². The van der Waals surface area contributed by atoms with E-state index in [2.05, 4.69) is 4.98 Å². The zero-order valence-corrected chi connectivity index (χ0v) is 18.0. The second-order valence-electron chi connectivity index (χ2n) is 7.13. The predicted octanol–water partition coefficient (Wildman–Crippen LogP) is 1.55. The van der Waals surface area contributed by atoms with Gasteiger partial charge < -0.3 is 15.2 Å². The number of benzene rings is 2. The fourth-order valence-corrected chi connectivity index (χ4v) is 3.31. The van der Waals surface area contributed by atoms with Gasteiger partial charge in [0.15, 0.2) is 5.69 Å². The number of rotatable bonds is 9. The molecule has 0 atom stereocenters. The van der Waals surface area contributed by atoms with Gasteiger partial charge in [-0.3, -0.25) is 24.0 Å². The molecule has 9 nitrogen and oxygen atoms in total. The zero-order valence-electron chi connectivity index (χ0n) is 18.0. The minimum atomic E-state index is -0.722. The molecule has 0 saturated heterocycles. The van der Waals surface area contributed by atoms with Gasteiger partial charge in [0.05, 0.1) is 33.2 Å². The van der Waals surface area contributed by atoms with E-state index in [-0.39, 0.29) is 43.5 Å². The average molecular weight is 438 g/mol. The molecule has 0 aliphatic carbocycles. The van der Waals surface area contributed by atoms with Crippen molar-refractivity contribution in [3.8, 4) is 5.75 Å². The first-order valence-corrected chi connectivity index (χ1v) is 10.0. The van der Waals surface area contributed by atoms with Gasteiger partial charge in [0.2, 0.25) is 5.91 Å². The van der Waals surface area contributed by atoms with Crippen molar-refractivity contribution in [2.24, 2.45) is 0 Å². The largest absolute Gasteiger partial charge is 0.497 e. The number of nitrogens with zero attached hydrogens (tertiary/aromatic N) is 2. The number of carbonyl (C=O) groups excluding carboxylic acids is 1. The molecule has 1 heterocycles. The number of nitrogens with two attached hydrogens (primary N) is 1. The minimum absolute atomic E-state index is 0.0346. The van der Waals surface area contributed by atoms with Gasteiger partial charge in [0.25, 0.3) is 5.56 Å². The quantitative estimate of drug-likeness (QED) is 0.523. The molecule has 168 valence electrons. The number of amides is 1. The zero-order chi connectivity index (χ0) is 23.1. The van der Waals surface area contributed by atoms with Crippen LogP contribution >= 0.6 is 0 Å². The highest BCUT2D eigenvalue weighted by molar-refractivity contribution is 5.96. The number of aromatic nitrogens is 2. The Morgan fingerprint density at radius 2 is 1.72 bits per heavy atom. The number of hydrogen-bond acceptors (Lipinski definition) is 6. The van der Waals surface area contributed by atoms with Crippen molar-refractivity contribution in [1.29, 1.82) is 0 Å². The maximum atomic E-state index is 13.4. The van der Waals surface area contributed by atoms with E-state index in [9.17, 15) is 14.4 Å². The van der Waals surface area contributed by atoms with Crippen molar-refractivity contribution in [2.75, 3.05) is 31.5 Å². The Hall–Kier alpha value is -3.85. The number of nitrogen functional groups attached to an aromatic ring is 1. The number of aromatic amines is 1. The molecule has 2 aromatic carbocycles. The van der Waals surface area contributed by atoms with Gasteiger partial charge in [-0.25, -0.2) is 4.79 Å². The summed E-state index contributed by atoms with van der Waals surface area (Å²) in [5, 5.41) is 0. The molecule has 3 rings (SSSR count). The van der Waals surface area contributed by atoms with E-state index >= 15 is 0 Å². The molecule has 9 heteroatoms. The Kier molecular flexibility index (Phi) is 7.45. The highest BCUT2D eigenvalue weighted by Gasteiger charge is 2.24. The van der Waals surface area contributed by atoms with Crippen LogP contribution in [0.5, 0.6) is 5.75 Å². The van der Waals surface area contributed by atoms with Crippen LogP contribution in [-0.2, 0) is 29.0 Å². The number of nitrogens with one attached hydrogen (secondary N) is 1. The first-order chi connectivity index (χ1) is 15.4. The summed E-state index contributed by atoms with van der Waals surface area (Å²) in [7, 11) is 3.06. The van der Waals surface area contributed by atoms with E-state index in [4.69, 9.17) is 15.2 Å². The van der Waals surface area contributed by atoms with E-state index in [1.807, 2.05) is 30.3 Å². The molecule has 0 aliphatic rings. The Bertz CT molecular complexity index is 1170. The maximum Gasteiger partial charge on any atom is 0.330 e. The lowest BCUT2D eigenvalue weighted by atomic mass is 10.1. The summed E-state index contributed by atoms with van der Waals surface area (Å²) in [4.78, 5) is 42.0. The Morgan fingerprint density at radius 1 is 1.03 bits per heavy atom. The molecule has 0 bridgehead atoms. The third-order valence-corrected chi connectivity index (χ3v) is 5.00. The molecule has 1 amide bonds. The molecule has 0 aliphatic heterocycles. The predicted molar refractivity (Wildman–Crippen MR) is 122 cm³/mol. The van der Waals surface area contributed by atoms with E-state index in [1.165, 1.54) is 16.6 Å². The van der Waals surface area contributed by atoms with Crippen molar-refractivity contribution in [3.63, 3.8) is 0 Å². The molecular formula is C23H26N4O5. The molecule has 3 aromatic rings. The molecule has 0 spiro atoms. The van der Waals surface area contributed by atoms with Crippen LogP contribution in [0.3, 0.4) is 0 Å². The van der Waals surface area contributed by atoms with Crippen molar-refractivity contribution in [1.82, 2.24) is 9.55 Å². The van der Waals surface area contributed by atoms with Crippen LogP contribution in [0.2, 0.25) is 0 Å². The number of hydrogen-bond donors (Lipinski definition) is 2. The van der Waals surface area contributed by atoms with Crippen LogP contribution in [0.1, 0.15) is 11.1 Å². The topological polar surface area (TPSA) is 120 Å². The monoisotopic (exact) mass is 438 g/mol. The van der Waals surface area contributed by atoms with Crippen molar-refractivity contribution >= 4 is 17.4 Å². The normalized spacial score (nSPS) is 10.7. The molecule has 1 aromatic heterocycles. The van der Waals surface area contributed by atoms with Crippen molar-refractivity contribution in [3.05, 3.63) is 86.6 Å². The van der Waals surface area contributed by atoms with Gasteiger partial charge in [0, 0.05) is 7.11 Å². The number of carbonyl (C=O) groups is 1. The number of H-pyrrole nitrogens is 1. The van der Waals surface area contributed by atoms with Crippen LogP contribution in [0.25, 0.3) is 0 Å². The molecule has 0 unspecified atom stereocenters. The summed E-state index contributed by atoms with van der Waals surface area (Å²) in [6, 6.07) is 16.3. The Morgan fingerprint density at radius 3 is 2.34 bits per heavy atom. The van der Waals surface area contributed by atoms with E-state index < -0.39 is 11.2 Å². The lowest BCUT2D eigenvalue weighted by Gasteiger charge is -2.25. The molecule has 3 N–H and O–H groups in total. The number of methoxy groups -OCH3 is 2. The smallest absolute Gasteiger partial charge is 0.330 e. The fraction of sp³-hybridized carbons (Fsp3) is 0.261. The third kappa shape index (κ3) is 5.25. The summed E-state index contributed by atoms with van der Waals surface area (Å²) in [5.41, 5.74) is 6.34. The first-order valence-electron chi connectivity index (χ1n) is 10.0. The van der Waals surface area contributed by atoms with Crippen molar-refractivity contribution in [2.45, 2.75) is 19.5 Å². The van der Waals surface area contributed by atoms with Gasteiger partial charge in [-0.15, -0.1) is 0 Å². The standard InChI is InChI=1S/C23H26N4O5/c1-31-13-12-26-21(24)20(22(29)25-23(26)30)27(15-17-6-4-3-5-7-17)19(28)14-16-8-10-18(32-2)11-9-16/h3-11H,12-15,24H2,1-2H3,(H,25,29,30). The summed E-state index contributed by atoms with van der Waals surface area (Å²) in [6.45, 7) is 0.469. The highest BCUT2D eigenvalue weighted by atomic mass is 16.5. The first kappa shape index (κ1) is 22.8. The lowest BCUT2D eigenvalue weighted by Crippen LogP contribution is -2.41. The summed E-state index contributed by atoms with van der Waals surface area (Å²) >= 11 is 0. The van der Waals surface area contributed by atoms with Gasteiger partial charge in [-0.2, -0.15) is 0 Å². The molecule has 32 heavy (non-hydrogen) atoms. The molecule has 0 radical (unpaired) electrons. The van der Waals surface area contributed by atoms with Crippen LogP contribution in [0.15, 0.2) is 64.2 Å². The van der Waals surface area contributed by atoms with Crippen LogP contribution in [0.4, 0.5) is 11.5 Å². The second-order valence-corrected chi connectivity index (χ2v) is 7.13. The van der Waals surface area contributed by atoms with E-state index in [1.54, 1.807) is 31.4 Å². The SMILES string of the molecule is COCCn1c(N)c(N(Cc2ccccc2)C(=O)Cc2ccc(OC)cc2)c(=O)[nH]c1=O. The lowest BCUT2D eigenvalue weighted by molar-refractivity contribution is -0.118. The third-order valence-electron chi connectivity index (χ3n) is 5.00. The number of ether oxygens (including phenoxy) is 2. The molecular weight excluding hydrogens is 412 g/mol. The van der Waals surface area contributed by atoms with E-state index in [0.29, 0.717) is 5.75 Å². The Labute approximate surface area is 185 Å². The maximum absolute atomic E-state index is 13.4. The second kappa shape index (κ2) is 10.5. The van der Waals surface area contributed by atoms with Crippen LogP contribution in [0, 0.1) is 0 Å². The minimum Gasteiger partial charge on any atom is -0.497 e.